The molecule has 5 heteroatoms. The van der Waals surface area contributed by atoms with Crippen molar-refractivity contribution in [2.75, 3.05) is 23.8 Å². The first-order valence-electron chi connectivity index (χ1n) is 7.34. The van der Waals surface area contributed by atoms with Gasteiger partial charge in [0, 0.05) is 31.8 Å². The minimum atomic E-state index is 0.297. The van der Waals surface area contributed by atoms with Crippen LogP contribution in [0, 0.1) is 0 Å². The molecule has 0 aliphatic rings. The molecule has 0 saturated carbocycles. The van der Waals surface area contributed by atoms with Crippen LogP contribution in [0.1, 0.15) is 38.2 Å². The number of rotatable bonds is 6. The molecule has 112 valence electrons. The van der Waals surface area contributed by atoms with Gasteiger partial charge >= 0.3 is 0 Å². The monoisotopic (exact) mass is 285 g/mol. The Labute approximate surface area is 126 Å². The van der Waals surface area contributed by atoms with E-state index in [1.54, 1.807) is 0 Å². The highest BCUT2D eigenvalue weighted by Gasteiger charge is 2.11. The minimum Gasteiger partial charge on any atom is -0.370 e. The lowest BCUT2D eigenvalue weighted by atomic mass is 10.2. The van der Waals surface area contributed by atoms with Crippen molar-refractivity contribution in [1.82, 2.24) is 15.0 Å². The van der Waals surface area contributed by atoms with Gasteiger partial charge in [-0.1, -0.05) is 19.9 Å². The van der Waals surface area contributed by atoms with Gasteiger partial charge in [0.05, 0.1) is 12.2 Å². The third-order valence-corrected chi connectivity index (χ3v) is 3.12. The van der Waals surface area contributed by atoms with Crippen molar-refractivity contribution in [2.45, 2.75) is 33.2 Å². The third-order valence-electron chi connectivity index (χ3n) is 3.12. The van der Waals surface area contributed by atoms with Gasteiger partial charge in [0.25, 0.3) is 0 Å². The van der Waals surface area contributed by atoms with Crippen molar-refractivity contribution in [3.05, 3.63) is 42.0 Å². The van der Waals surface area contributed by atoms with Crippen LogP contribution in [0.5, 0.6) is 0 Å². The summed E-state index contributed by atoms with van der Waals surface area (Å²) in [7, 11) is 2.02. The molecular formula is C16H23N5. The summed E-state index contributed by atoms with van der Waals surface area (Å²) in [6.07, 6.45) is 1.81. The Kier molecular flexibility index (Phi) is 5.09. The maximum absolute atomic E-state index is 4.66. The molecule has 0 amide bonds. The fraction of sp³-hybridized carbons (Fsp3) is 0.438. The lowest BCUT2D eigenvalue weighted by molar-refractivity contribution is 0.760. The van der Waals surface area contributed by atoms with Crippen molar-refractivity contribution in [3.8, 4) is 0 Å². The van der Waals surface area contributed by atoms with Crippen molar-refractivity contribution in [3.63, 3.8) is 0 Å². The standard InChI is InChI=1S/C16H23N5/c1-5-17-14-10-15(20-16(19-14)12(2)3)21(4)11-13-8-6-7-9-18-13/h6-10,12H,5,11H2,1-4H3,(H,17,19,20). The Balaban J connectivity index is 2.24. The zero-order valence-electron chi connectivity index (χ0n) is 13.2. The van der Waals surface area contributed by atoms with Crippen LogP contribution in [-0.2, 0) is 6.54 Å². The van der Waals surface area contributed by atoms with Crippen LogP contribution in [0.4, 0.5) is 11.6 Å². The van der Waals surface area contributed by atoms with Crippen LogP contribution in [0.25, 0.3) is 0 Å². The van der Waals surface area contributed by atoms with E-state index in [0.29, 0.717) is 5.92 Å². The predicted molar refractivity (Wildman–Crippen MR) is 86.6 cm³/mol. The van der Waals surface area contributed by atoms with Crippen molar-refractivity contribution in [1.29, 1.82) is 0 Å². The van der Waals surface area contributed by atoms with Crippen molar-refractivity contribution in [2.24, 2.45) is 0 Å². The smallest absolute Gasteiger partial charge is 0.135 e. The number of hydrogen-bond donors (Lipinski definition) is 1. The SMILES string of the molecule is CCNc1cc(N(C)Cc2ccccn2)nc(C(C)C)n1. The number of nitrogens with one attached hydrogen (secondary N) is 1. The summed E-state index contributed by atoms with van der Waals surface area (Å²) in [5.41, 5.74) is 1.02. The largest absolute Gasteiger partial charge is 0.370 e. The molecule has 0 aliphatic carbocycles. The van der Waals surface area contributed by atoms with Crippen LogP contribution < -0.4 is 10.2 Å². The second-order valence-corrected chi connectivity index (χ2v) is 5.33. The maximum Gasteiger partial charge on any atom is 0.135 e. The van der Waals surface area contributed by atoms with Gasteiger partial charge in [-0.05, 0) is 19.1 Å². The summed E-state index contributed by atoms with van der Waals surface area (Å²) in [5, 5.41) is 3.27. The molecule has 2 aromatic rings. The van der Waals surface area contributed by atoms with E-state index in [1.807, 2.05) is 37.5 Å². The number of anilines is 2. The van der Waals surface area contributed by atoms with Crippen LogP contribution in [-0.4, -0.2) is 28.5 Å². The molecule has 0 unspecified atom stereocenters. The van der Waals surface area contributed by atoms with Gasteiger partial charge < -0.3 is 10.2 Å². The zero-order chi connectivity index (χ0) is 15.2. The van der Waals surface area contributed by atoms with Gasteiger partial charge in [-0.2, -0.15) is 0 Å². The summed E-state index contributed by atoms with van der Waals surface area (Å²) in [6, 6.07) is 7.93. The van der Waals surface area contributed by atoms with Crippen LogP contribution in [0.15, 0.2) is 30.5 Å². The summed E-state index contributed by atoms with van der Waals surface area (Å²) in [6.45, 7) is 7.84. The van der Waals surface area contributed by atoms with Gasteiger partial charge in [-0.25, -0.2) is 9.97 Å². The first kappa shape index (κ1) is 15.2. The Bertz CT molecular complexity index is 568. The van der Waals surface area contributed by atoms with E-state index in [1.165, 1.54) is 0 Å². The Morgan fingerprint density at radius 3 is 2.67 bits per heavy atom. The van der Waals surface area contributed by atoms with Gasteiger partial charge in [-0.15, -0.1) is 0 Å². The summed E-state index contributed by atoms with van der Waals surface area (Å²) in [5.74, 6) is 2.94. The fourth-order valence-corrected chi connectivity index (χ4v) is 1.99. The third kappa shape index (κ3) is 4.15. The van der Waals surface area contributed by atoms with E-state index < -0.39 is 0 Å². The quantitative estimate of drug-likeness (QED) is 0.884. The normalized spacial score (nSPS) is 10.7. The van der Waals surface area contributed by atoms with Crippen LogP contribution in [0.2, 0.25) is 0 Å². The first-order chi connectivity index (χ1) is 10.1. The number of hydrogen-bond acceptors (Lipinski definition) is 5. The molecule has 0 bridgehead atoms. The second kappa shape index (κ2) is 7.02. The average Bonchev–Trinajstić information content (AvgIpc) is 2.48. The molecule has 2 heterocycles. The van der Waals surface area contributed by atoms with E-state index in [2.05, 4.69) is 45.9 Å². The highest BCUT2D eigenvalue weighted by atomic mass is 15.2. The van der Waals surface area contributed by atoms with E-state index in [-0.39, 0.29) is 0 Å². The fourth-order valence-electron chi connectivity index (χ4n) is 1.99. The molecule has 2 aromatic heterocycles. The molecule has 21 heavy (non-hydrogen) atoms. The highest BCUT2D eigenvalue weighted by Crippen LogP contribution is 2.20. The molecular weight excluding hydrogens is 262 g/mol. The molecule has 0 atom stereocenters. The van der Waals surface area contributed by atoms with Gasteiger partial charge in [0.1, 0.15) is 17.5 Å². The molecule has 0 aliphatic heterocycles. The second-order valence-electron chi connectivity index (χ2n) is 5.33. The van der Waals surface area contributed by atoms with Crippen LogP contribution >= 0.6 is 0 Å². The Morgan fingerprint density at radius 1 is 1.24 bits per heavy atom. The molecule has 0 aromatic carbocycles. The van der Waals surface area contributed by atoms with Crippen LogP contribution in [0.3, 0.4) is 0 Å². The molecule has 0 fully saturated rings. The number of nitrogens with zero attached hydrogens (tertiary/aromatic N) is 4. The number of aromatic nitrogens is 3. The molecule has 0 spiro atoms. The lowest BCUT2D eigenvalue weighted by Crippen LogP contribution is -2.20. The average molecular weight is 285 g/mol. The predicted octanol–water partition coefficient (Wildman–Crippen LogP) is 3.06. The molecule has 5 nitrogen and oxygen atoms in total. The van der Waals surface area contributed by atoms with E-state index in [0.717, 1.165) is 36.2 Å². The topological polar surface area (TPSA) is 53.9 Å². The minimum absolute atomic E-state index is 0.297. The van der Waals surface area contributed by atoms with Gasteiger partial charge in [0.15, 0.2) is 0 Å². The van der Waals surface area contributed by atoms with E-state index in [4.69, 9.17) is 0 Å². The maximum atomic E-state index is 4.66. The summed E-state index contributed by atoms with van der Waals surface area (Å²) in [4.78, 5) is 15.7. The van der Waals surface area contributed by atoms with E-state index in [9.17, 15) is 0 Å². The Hall–Kier alpha value is -2.17. The highest BCUT2D eigenvalue weighted by molar-refractivity contribution is 5.49. The lowest BCUT2D eigenvalue weighted by Gasteiger charge is -2.20. The first-order valence-corrected chi connectivity index (χ1v) is 7.34. The molecule has 1 N–H and O–H groups in total. The van der Waals surface area contributed by atoms with Crippen molar-refractivity contribution < 1.29 is 0 Å². The number of pyridine rings is 1. The summed E-state index contributed by atoms with van der Waals surface area (Å²) >= 11 is 0. The molecule has 0 radical (unpaired) electrons. The zero-order valence-corrected chi connectivity index (χ0v) is 13.2. The Morgan fingerprint density at radius 2 is 2.05 bits per heavy atom. The van der Waals surface area contributed by atoms with Gasteiger partial charge in [0.2, 0.25) is 0 Å². The van der Waals surface area contributed by atoms with E-state index >= 15 is 0 Å². The molecule has 2 rings (SSSR count). The summed E-state index contributed by atoms with van der Waals surface area (Å²) < 4.78 is 0. The van der Waals surface area contributed by atoms with Gasteiger partial charge in [-0.3, -0.25) is 4.98 Å². The molecule has 0 saturated heterocycles. The van der Waals surface area contributed by atoms with Crippen molar-refractivity contribution >= 4 is 11.6 Å².